The average Bonchev–Trinajstić information content (AvgIpc) is 2.09. The van der Waals surface area contributed by atoms with E-state index in [-0.39, 0.29) is 0 Å². The van der Waals surface area contributed by atoms with E-state index >= 15 is 0 Å². The molecule has 1 unspecified atom stereocenters. The molecular formula is C12H18Cl2N2. The first-order valence-electron chi connectivity index (χ1n) is 5.49. The number of halogens is 2. The van der Waals surface area contributed by atoms with Gasteiger partial charge in [-0.2, -0.15) is 0 Å². The number of anilines is 1. The van der Waals surface area contributed by atoms with Gasteiger partial charge in [-0.3, -0.25) is 0 Å². The minimum Gasteiger partial charge on any atom is -0.380 e. The first-order chi connectivity index (χ1) is 7.40. The second-order valence-corrected chi connectivity index (χ2v) is 5.35. The topological polar surface area (TPSA) is 24.9 Å². The highest BCUT2D eigenvalue weighted by Gasteiger charge is 2.11. The van der Waals surface area contributed by atoms with E-state index in [1.165, 1.54) is 0 Å². The van der Waals surface area contributed by atoms with Gasteiger partial charge in [-0.05, 0) is 37.8 Å². The van der Waals surface area contributed by atoms with E-state index in [1.807, 2.05) is 13.0 Å². The average molecular weight is 261 g/mol. The maximum atomic E-state index is 6.06. The van der Waals surface area contributed by atoms with Crippen molar-refractivity contribution in [3.05, 3.63) is 21.9 Å². The molecule has 0 aliphatic rings. The summed E-state index contributed by atoms with van der Waals surface area (Å²) >= 11 is 11.9. The largest absolute Gasteiger partial charge is 0.380 e. The number of rotatable bonds is 4. The number of nitrogens with one attached hydrogen (secondary N) is 1. The van der Waals surface area contributed by atoms with E-state index in [2.05, 4.69) is 31.1 Å². The molecule has 1 aromatic rings. The predicted octanol–water partition coefficient (Wildman–Crippen LogP) is 4.54. The molecule has 4 heteroatoms. The maximum Gasteiger partial charge on any atom is 0.154 e. The Morgan fingerprint density at radius 1 is 1.31 bits per heavy atom. The van der Waals surface area contributed by atoms with Crippen LogP contribution in [0.1, 0.15) is 32.8 Å². The van der Waals surface area contributed by atoms with Gasteiger partial charge in [0.2, 0.25) is 0 Å². The van der Waals surface area contributed by atoms with Crippen molar-refractivity contribution in [2.24, 2.45) is 5.92 Å². The van der Waals surface area contributed by atoms with Gasteiger partial charge in [-0.15, -0.1) is 0 Å². The third-order valence-corrected chi connectivity index (χ3v) is 2.82. The first-order valence-corrected chi connectivity index (χ1v) is 6.25. The van der Waals surface area contributed by atoms with E-state index < -0.39 is 0 Å². The molecule has 90 valence electrons. The fourth-order valence-corrected chi connectivity index (χ4v) is 2.37. The Kier molecular flexibility index (Phi) is 4.88. The SMILES string of the molecule is Cc1cc(Cl)nc(Cl)c1NC(C)CC(C)C. The molecule has 0 aromatic carbocycles. The molecule has 0 saturated heterocycles. The highest BCUT2D eigenvalue weighted by atomic mass is 35.5. The maximum absolute atomic E-state index is 6.06. The lowest BCUT2D eigenvalue weighted by atomic mass is 10.0. The summed E-state index contributed by atoms with van der Waals surface area (Å²) in [5, 5.41) is 4.26. The van der Waals surface area contributed by atoms with Gasteiger partial charge in [0.1, 0.15) is 5.15 Å². The molecule has 0 spiro atoms. The van der Waals surface area contributed by atoms with Crippen LogP contribution in [0.2, 0.25) is 10.3 Å². The van der Waals surface area contributed by atoms with Gasteiger partial charge in [-0.1, -0.05) is 37.0 Å². The van der Waals surface area contributed by atoms with Gasteiger partial charge in [0.25, 0.3) is 0 Å². The first kappa shape index (κ1) is 13.6. The zero-order chi connectivity index (χ0) is 12.3. The van der Waals surface area contributed by atoms with Crippen LogP contribution in [0.4, 0.5) is 5.69 Å². The summed E-state index contributed by atoms with van der Waals surface area (Å²) in [6.07, 6.45) is 1.10. The molecule has 1 heterocycles. The summed E-state index contributed by atoms with van der Waals surface area (Å²) in [6, 6.07) is 2.19. The van der Waals surface area contributed by atoms with Gasteiger partial charge in [0, 0.05) is 6.04 Å². The van der Waals surface area contributed by atoms with E-state index in [0.29, 0.717) is 22.3 Å². The van der Waals surface area contributed by atoms with Crippen LogP contribution < -0.4 is 5.32 Å². The molecule has 1 aromatic heterocycles. The number of pyridine rings is 1. The molecule has 0 fully saturated rings. The second-order valence-electron chi connectivity index (χ2n) is 4.60. The molecule has 0 aliphatic carbocycles. The third-order valence-electron chi connectivity index (χ3n) is 2.36. The van der Waals surface area contributed by atoms with Gasteiger partial charge in [-0.25, -0.2) is 4.98 Å². The Labute approximate surface area is 107 Å². The Balaban J connectivity index is 2.81. The lowest BCUT2D eigenvalue weighted by molar-refractivity contribution is 0.539. The predicted molar refractivity (Wildman–Crippen MR) is 71.5 cm³/mol. The zero-order valence-electron chi connectivity index (χ0n) is 10.1. The second kappa shape index (κ2) is 5.74. The highest BCUT2D eigenvalue weighted by Crippen LogP contribution is 2.27. The summed E-state index contributed by atoms with van der Waals surface area (Å²) in [7, 11) is 0. The quantitative estimate of drug-likeness (QED) is 0.804. The van der Waals surface area contributed by atoms with Crippen LogP contribution in [0.5, 0.6) is 0 Å². The van der Waals surface area contributed by atoms with Crippen molar-refractivity contribution < 1.29 is 0 Å². The monoisotopic (exact) mass is 260 g/mol. The summed E-state index contributed by atoms with van der Waals surface area (Å²) in [4.78, 5) is 4.03. The summed E-state index contributed by atoms with van der Waals surface area (Å²) in [6.45, 7) is 8.52. The van der Waals surface area contributed by atoms with E-state index in [4.69, 9.17) is 23.2 Å². The lowest BCUT2D eigenvalue weighted by Crippen LogP contribution is -2.18. The van der Waals surface area contributed by atoms with Gasteiger partial charge >= 0.3 is 0 Å². The number of aryl methyl sites for hydroxylation is 1. The van der Waals surface area contributed by atoms with Crippen LogP contribution in [-0.2, 0) is 0 Å². The van der Waals surface area contributed by atoms with Crippen molar-refractivity contribution in [2.45, 2.75) is 40.2 Å². The van der Waals surface area contributed by atoms with Crippen LogP contribution in [-0.4, -0.2) is 11.0 Å². The van der Waals surface area contributed by atoms with E-state index in [0.717, 1.165) is 17.7 Å². The molecular weight excluding hydrogens is 243 g/mol. The number of hydrogen-bond acceptors (Lipinski definition) is 2. The Bertz CT molecular complexity index is 341. The number of hydrogen-bond donors (Lipinski definition) is 1. The molecule has 0 bridgehead atoms. The summed E-state index contributed by atoms with van der Waals surface area (Å²) in [5.74, 6) is 0.654. The summed E-state index contributed by atoms with van der Waals surface area (Å²) in [5.41, 5.74) is 1.92. The van der Waals surface area contributed by atoms with Crippen molar-refractivity contribution in [3.8, 4) is 0 Å². The third kappa shape index (κ3) is 3.84. The molecule has 2 nitrogen and oxygen atoms in total. The summed E-state index contributed by atoms with van der Waals surface area (Å²) < 4.78 is 0. The molecule has 0 amide bonds. The molecule has 16 heavy (non-hydrogen) atoms. The van der Waals surface area contributed by atoms with Crippen molar-refractivity contribution in [2.75, 3.05) is 5.32 Å². The Hall–Kier alpha value is -0.470. The van der Waals surface area contributed by atoms with Crippen LogP contribution in [0.25, 0.3) is 0 Å². The standard InChI is InChI=1S/C12H18Cl2N2/c1-7(2)5-9(4)15-11-8(3)6-10(13)16-12(11)14/h6-7,9,15H,5H2,1-4H3. The van der Waals surface area contributed by atoms with Crippen LogP contribution in [0.15, 0.2) is 6.07 Å². The van der Waals surface area contributed by atoms with E-state index in [9.17, 15) is 0 Å². The molecule has 1 atom stereocenters. The minimum atomic E-state index is 0.374. The number of aromatic nitrogens is 1. The number of nitrogens with zero attached hydrogens (tertiary/aromatic N) is 1. The van der Waals surface area contributed by atoms with E-state index in [1.54, 1.807) is 0 Å². The van der Waals surface area contributed by atoms with Crippen molar-refractivity contribution in [1.29, 1.82) is 0 Å². The van der Waals surface area contributed by atoms with Crippen molar-refractivity contribution >= 4 is 28.9 Å². The normalized spacial score (nSPS) is 12.9. The van der Waals surface area contributed by atoms with Crippen molar-refractivity contribution in [1.82, 2.24) is 4.98 Å². The molecule has 0 saturated carbocycles. The fraction of sp³-hybridized carbons (Fsp3) is 0.583. The van der Waals surface area contributed by atoms with Crippen molar-refractivity contribution in [3.63, 3.8) is 0 Å². The smallest absolute Gasteiger partial charge is 0.154 e. The fourth-order valence-electron chi connectivity index (χ4n) is 1.78. The highest BCUT2D eigenvalue weighted by molar-refractivity contribution is 6.34. The molecule has 1 rings (SSSR count). The zero-order valence-corrected chi connectivity index (χ0v) is 11.7. The van der Waals surface area contributed by atoms with Crippen LogP contribution >= 0.6 is 23.2 Å². The molecule has 1 N–H and O–H groups in total. The molecule has 0 radical (unpaired) electrons. The van der Waals surface area contributed by atoms with Gasteiger partial charge in [0.15, 0.2) is 5.15 Å². The molecule has 0 aliphatic heterocycles. The van der Waals surface area contributed by atoms with Gasteiger partial charge in [0.05, 0.1) is 5.69 Å². The van der Waals surface area contributed by atoms with Gasteiger partial charge < -0.3 is 5.32 Å². The van der Waals surface area contributed by atoms with Crippen LogP contribution in [0.3, 0.4) is 0 Å². The minimum absolute atomic E-state index is 0.374. The van der Waals surface area contributed by atoms with Crippen LogP contribution in [0, 0.1) is 12.8 Å². The Morgan fingerprint density at radius 2 is 1.94 bits per heavy atom. The Morgan fingerprint density at radius 3 is 2.44 bits per heavy atom. The lowest BCUT2D eigenvalue weighted by Gasteiger charge is -2.19.